The van der Waals surface area contributed by atoms with Crippen LogP contribution in [0.4, 0.5) is 0 Å². The van der Waals surface area contributed by atoms with E-state index in [0.29, 0.717) is 13.2 Å². The molecule has 0 aliphatic carbocycles. The van der Waals surface area contributed by atoms with Gasteiger partial charge in [-0.05, 0) is 44.7 Å². The van der Waals surface area contributed by atoms with Gasteiger partial charge in [0.05, 0.1) is 18.8 Å². The standard InChI is InChI=1S/C34H56O5/c1-5-6-7-8-9-10-11-12-13-14-15-19-22-31(37-29(2)35)23-24-32-27-33(39-34(3,4)38-32)25-26-36-28-30-20-17-16-18-21-30/h16-18,20-21,23-24,31-33H,5-15,19,22,25-28H2,1-4H3/b24-23+/t31-,32-,33+/m0/s1. The second kappa shape index (κ2) is 20.2. The van der Waals surface area contributed by atoms with Crippen molar-refractivity contribution in [3.05, 3.63) is 48.0 Å². The molecule has 1 aromatic rings. The SMILES string of the molecule is CCCCCCCCCCCCCC[C@@H](/C=C/[C@H]1C[C@@H](CCOCc2ccccc2)OC(C)(C)O1)OC(C)=O. The summed E-state index contributed by atoms with van der Waals surface area (Å²) < 4.78 is 23.8. The van der Waals surface area contributed by atoms with E-state index in [2.05, 4.69) is 25.1 Å². The minimum atomic E-state index is -0.663. The predicted molar refractivity (Wildman–Crippen MR) is 160 cm³/mol. The number of carbonyl (C=O) groups is 1. The van der Waals surface area contributed by atoms with E-state index in [1.807, 2.05) is 38.1 Å². The molecule has 0 amide bonds. The Kier molecular flexibility index (Phi) is 17.4. The minimum absolute atomic E-state index is 0.0580. The van der Waals surface area contributed by atoms with E-state index in [9.17, 15) is 4.79 Å². The van der Waals surface area contributed by atoms with Crippen LogP contribution in [0.1, 0.15) is 130 Å². The van der Waals surface area contributed by atoms with Gasteiger partial charge in [-0.3, -0.25) is 4.79 Å². The maximum atomic E-state index is 11.7. The van der Waals surface area contributed by atoms with E-state index in [4.69, 9.17) is 18.9 Å². The van der Waals surface area contributed by atoms with Gasteiger partial charge in [0.1, 0.15) is 6.10 Å². The summed E-state index contributed by atoms with van der Waals surface area (Å²) in [6, 6.07) is 10.2. The first-order chi connectivity index (χ1) is 18.9. The number of hydrogen-bond donors (Lipinski definition) is 0. The van der Waals surface area contributed by atoms with Gasteiger partial charge in [0.25, 0.3) is 0 Å². The fourth-order valence-corrected chi connectivity index (χ4v) is 5.26. The van der Waals surface area contributed by atoms with Crippen LogP contribution in [0.15, 0.2) is 42.5 Å². The fraction of sp³-hybridized carbons (Fsp3) is 0.735. The molecule has 222 valence electrons. The summed E-state index contributed by atoms with van der Waals surface area (Å²) in [5, 5.41) is 0. The van der Waals surface area contributed by atoms with Crippen LogP contribution in [0.2, 0.25) is 0 Å². The second-order valence-corrected chi connectivity index (χ2v) is 11.6. The Labute approximate surface area is 239 Å². The van der Waals surface area contributed by atoms with Crippen molar-refractivity contribution in [3.63, 3.8) is 0 Å². The molecule has 0 radical (unpaired) electrons. The summed E-state index contributed by atoms with van der Waals surface area (Å²) >= 11 is 0. The van der Waals surface area contributed by atoms with Gasteiger partial charge in [-0.1, -0.05) is 114 Å². The van der Waals surface area contributed by atoms with Gasteiger partial charge in [-0.2, -0.15) is 0 Å². The van der Waals surface area contributed by atoms with Gasteiger partial charge in [0, 0.05) is 20.0 Å². The number of ether oxygens (including phenoxy) is 4. The third kappa shape index (κ3) is 16.9. The Balaban J connectivity index is 1.67. The van der Waals surface area contributed by atoms with Crippen molar-refractivity contribution in [1.82, 2.24) is 0 Å². The van der Waals surface area contributed by atoms with Gasteiger partial charge < -0.3 is 18.9 Å². The molecule has 1 aliphatic heterocycles. The molecule has 5 nitrogen and oxygen atoms in total. The van der Waals surface area contributed by atoms with E-state index >= 15 is 0 Å². The first-order valence-electron chi connectivity index (χ1n) is 15.7. The van der Waals surface area contributed by atoms with Crippen molar-refractivity contribution in [2.45, 2.75) is 155 Å². The van der Waals surface area contributed by atoms with Gasteiger partial charge in [-0.15, -0.1) is 0 Å². The molecule has 5 heteroatoms. The zero-order valence-corrected chi connectivity index (χ0v) is 25.3. The van der Waals surface area contributed by atoms with Crippen LogP contribution in [0.25, 0.3) is 0 Å². The van der Waals surface area contributed by atoms with Crippen molar-refractivity contribution >= 4 is 5.97 Å². The molecule has 1 aromatic carbocycles. The molecule has 0 bridgehead atoms. The van der Waals surface area contributed by atoms with Crippen LogP contribution in [0.5, 0.6) is 0 Å². The molecule has 0 spiro atoms. The lowest BCUT2D eigenvalue weighted by Crippen LogP contribution is -2.44. The Morgan fingerprint density at radius 1 is 0.949 bits per heavy atom. The summed E-state index contributed by atoms with van der Waals surface area (Å²) in [6.45, 7) is 8.93. The molecule has 0 aromatic heterocycles. The van der Waals surface area contributed by atoms with E-state index in [1.54, 1.807) is 0 Å². The molecule has 1 saturated heterocycles. The van der Waals surface area contributed by atoms with E-state index in [-0.39, 0.29) is 24.3 Å². The Morgan fingerprint density at radius 2 is 1.56 bits per heavy atom. The van der Waals surface area contributed by atoms with Gasteiger partial charge in [-0.25, -0.2) is 0 Å². The number of rotatable bonds is 21. The summed E-state index contributed by atoms with van der Waals surface area (Å²) in [5.74, 6) is -0.894. The van der Waals surface area contributed by atoms with E-state index in [1.165, 1.54) is 83.1 Å². The topological polar surface area (TPSA) is 54.0 Å². The van der Waals surface area contributed by atoms with Crippen molar-refractivity contribution in [2.24, 2.45) is 0 Å². The number of benzene rings is 1. The molecule has 39 heavy (non-hydrogen) atoms. The van der Waals surface area contributed by atoms with Crippen LogP contribution in [-0.2, 0) is 30.3 Å². The Bertz CT molecular complexity index is 775. The van der Waals surface area contributed by atoms with Gasteiger partial charge >= 0.3 is 5.97 Å². The van der Waals surface area contributed by atoms with Crippen molar-refractivity contribution < 1.29 is 23.7 Å². The van der Waals surface area contributed by atoms with Crippen LogP contribution < -0.4 is 0 Å². The quantitative estimate of drug-likeness (QED) is 0.0877. The average molecular weight is 545 g/mol. The van der Waals surface area contributed by atoms with Crippen molar-refractivity contribution in [1.29, 1.82) is 0 Å². The van der Waals surface area contributed by atoms with E-state index in [0.717, 1.165) is 25.7 Å². The van der Waals surface area contributed by atoms with Crippen LogP contribution in [-0.4, -0.2) is 36.7 Å². The second-order valence-electron chi connectivity index (χ2n) is 11.6. The highest BCUT2D eigenvalue weighted by atomic mass is 16.7. The van der Waals surface area contributed by atoms with Crippen molar-refractivity contribution in [2.75, 3.05) is 6.61 Å². The smallest absolute Gasteiger partial charge is 0.303 e. The predicted octanol–water partition coefficient (Wildman–Crippen LogP) is 9.08. The zero-order chi connectivity index (χ0) is 28.2. The van der Waals surface area contributed by atoms with Crippen molar-refractivity contribution in [3.8, 4) is 0 Å². The third-order valence-corrected chi connectivity index (χ3v) is 7.28. The van der Waals surface area contributed by atoms with Crippen LogP contribution in [0.3, 0.4) is 0 Å². The molecule has 2 rings (SSSR count). The molecular formula is C34H56O5. The molecular weight excluding hydrogens is 488 g/mol. The van der Waals surface area contributed by atoms with Crippen LogP contribution in [0, 0.1) is 0 Å². The molecule has 1 heterocycles. The van der Waals surface area contributed by atoms with Gasteiger partial charge in [0.15, 0.2) is 5.79 Å². The number of hydrogen-bond acceptors (Lipinski definition) is 5. The lowest BCUT2D eigenvalue weighted by atomic mass is 10.0. The molecule has 0 saturated carbocycles. The Hall–Kier alpha value is -1.69. The molecule has 0 N–H and O–H groups in total. The highest BCUT2D eigenvalue weighted by molar-refractivity contribution is 5.66. The highest BCUT2D eigenvalue weighted by Gasteiger charge is 2.34. The maximum absolute atomic E-state index is 11.7. The highest BCUT2D eigenvalue weighted by Crippen LogP contribution is 2.29. The summed E-state index contributed by atoms with van der Waals surface area (Å²) in [4.78, 5) is 11.7. The van der Waals surface area contributed by atoms with Crippen LogP contribution >= 0.6 is 0 Å². The lowest BCUT2D eigenvalue weighted by Gasteiger charge is -2.40. The maximum Gasteiger partial charge on any atom is 0.303 e. The first-order valence-corrected chi connectivity index (χ1v) is 15.7. The summed E-state index contributed by atoms with van der Waals surface area (Å²) in [5.41, 5.74) is 1.18. The van der Waals surface area contributed by atoms with Gasteiger partial charge in [0.2, 0.25) is 0 Å². The average Bonchev–Trinajstić information content (AvgIpc) is 2.89. The monoisotopic (exact) mass is 544 g/mol. The summed E-state index contributed by atoms with van der Waals surface area (Å²) in [6.07, 6.45) is 22.1. The first kappa shape index (κ1) is 33.5. The largest absolute Gasteiger partial charge is 0.458 e. The number of carbonyl (C=O) groups excluding carboxylic acids is 1. The fourth-order valence-electron chi connectivity index (χ4n) is 5.26. The molecule has 1 aliphatic rings. The van der Waals surface area contributed by atoms with E-state index < -0.39 is 5.79 Å². The number of esters is 1. The molecule has 0 unspecified atom stereocenters. The molecule has 3 atom stereocenters. The normalized spacial score (nSPS) is 19.8. The molecule has 1 fully saturated rings. The lowest BCUT2D eigenvalue weighted by molar-refractivity contribution is -0.292. The zero-order valence-electron chi connectivity index (χ0n) is 25.3. The Morgan fingerprint density at radius 3 is 2.18 bits per heavy atom. The minimum Gasteiger partial charge on any atom is -0.458 e. The third-order valence-electron chi connectivity index (χ3n) is 7.28. The number of unbranched alkanes of at least 4 members (excludes halogenated alkanes) is 11. The summed E-state index contributed by atoms with van der Waals surface area (Å²) in [7, 11) is 0.